The van der Waals surface area contributed by atoms with Crippen molar-refractivity contribution >= 4 is 0 Å². The van der Waals surface area contributed by atoms with Crippen molar-refractivity contribution in [1.29, 1.82) is 0 Å². The lowest BCUT2D eigenvalue weighted by molar-refractivity contribution is 0.295. The van der Waals surface area contributed by atoms with Gasteiger partial charge in [-0.3, -0.25) is 0 Å². The SMILES string of the molecule is CCCCCCCCCCCCCCCCCCN(CC)CC.N. The fourth-order valence-corrected chi connectivity index (χ4v) is 3.42. The van der Waals surface area contributed by atoms with Gasteiger partial charge < -0.3 is 11.1 Å². The fraction of sp³-hybridized carbons (Fsp3) is 1.00. The van der Waals surface area contributed by atoms with Crippen LogP contribution >= 0.6 is 0 Å². The molecule has 3 N–H and O–H groups in total. The van der Waals surface area contributed by atoms with E-state index in [9.17, 15) is 0 Å². The van der Waals surface area contributed by atoms with Gasteiger partial charge in [-0.2, -0.15) is 0 Å². The minimum absolute atomic E-state index is 0. The van der Waals surface area contributed by atoms with Crippen molar-refractivity contribution in [3.8, 4) is 0 Å². The Balaban J connectivity index is 0. The molecule has 0 atom stereocenters. The molecule has 2 nitrogen and oxygen atoms in total. The fourth-order valence-electron chi connectivity index (χ4n) is 3.42. The van der Waals surface area contributed by atoms with E-state index in [1.165, 1.54) is 122 Å². The number of rotatable bonds is 19. The van der Waals surface area contributed by atoms with Crippen LogP contribution in [-0.2, 0) is 0 Å². The van der Waals surface area contributed by atoms with Crippen LogP contribution in [0.2, 0.25) is 0 Å². The van der Waals surface area contributed by atoms with E-state index in [4.69, 9.17) is 0 Å². The third-order valence-electron chi connectivity index (χ3n) is 5.22. The van der Waals surface area contributed by atoms with E-state index < -0.39 is 0 Å². The Bertz CT molecular complexity index is 202. The van der Waals surface area contributed by atoms with Gasteiger partial charge in [-0.05, 0) is 26.1 Å². The molecule has 0 fully saturated rings. The quantitative estimate of drug-likeness (QED) is 0.244. The van der Waals surface area contributed by atoms with Crippen LogP contribution in [0.15, 0.2) is 0 Å². The maximum absolute atomic E-state index is 2.55. The molecule has 0 aliphatic rings. The third kappa shape index (κ3) is 20.0. The van der Waals surface area contributed by atoms with Crippen LogP contribution in [0.1, 0.15) is 124 Å². The smallest absolute Gasteiger partial charge is 0.00190 e. The summed E-state index contributed by atoms with van der Waals surface area (Å²) in [6, 6.07) is 0. The normalized spacial score (nSPS) is 11.0. The van der Waals surface area contributed by atoms with Gasteiger partial charge in [0.15, 0.2) is 0 Å². The van der Waals surface area contributed by atoms with Crippen LogP contribution in [0.5, 0.6) is 0 Å². The van der Waals surface area contributed by atoms with Crippen LogP contribution in [-0.4, -0.2) is 24.5 Å². The zero-order valence-corrected chi connectivity index (χ0v) is 17.6. The van der Waals surface area contributed by atoms with E-state index in [2.05, 4.69) is 25.7 Å². The van der Waals surface area contributed by atoms with Crippen molar-refractivity contribution in [1.82, 2.24) is 11.1 Å². The third-order valence-corrected chi connectivity index (χ3v) is 5.22. The van der Waals surface area contributed by atoms with Crippen LogP contribution in [0.4, 0.5) is 0 Å². The van der Waals surface area contributed by atoms with Gasteiger partial charge in [0.1, 0.15) is 0 Å². The molecular weight excluding hydrogens is 292 g/mol. The van der Waals surface area contributed by atoms with E-state index in [0.29, 0.717) is 0 Å². The molecule has 148 valence electrons. The lowest BCUT2D eigenvalue weighted by atomic mass is 10.0. The maximum Gasteiger partial charge on any atom is -0.00190 e. The molecule has 0 aromatic rings. The number of nitrogens with zero attached hydrogens (tertiary/aromatic N) is 1. The Labute approximate surface area is 154 Å². The van der Waals surface area contributed by atoms with Crippen LogP contribution in [0.3, 0.4) is 0 Å². The summed E-state index contributed by atoms with van der Waals surface area (Å²) in [5, 5.41) is 0. The topological polar surface area (TPSA) is 38.2 Å². The van der Waals surface area contributed by atoms with Gasteiger partial charge in [0.05, 0.1) is 0 Å². The molecule has 0 saturated heterocycles. The largest absolute Gasteiger partial charge is 0.344 e. The second-order valence-electron chi connectivity index (χ2n) is 7.33. The molecule has 0 saturated carbocycles. The Morgan fingerprint density at radius 1 is 0.417 bits per heavy atom. The van der Waals surface area contributed by atoms with Gasteiger partial charge in [-0.25, -0.2) is 0 Å². The molecule has 0 radical (unpaired) electrons. The highest BCUT2D eigenvalue weighted by Crippen LogP contribution is 2.13. The lowest BCUT2D eigenvalue weighted by Gasteiger charge is -2.17. The summed E-state index contributed by atoms with van der Waals surface area (Å²) in [6.45, 7) is 10.6. The molecule has 2 heteroatoms. The van der Waals surface area contributed by atoms with Crippen molar-refractivity contribution < 1.29 is 0 Å². The van der Waals surface area contributed by atoms with Crippen molar-refractivity contribution in [3.63, 3.8) is 0 Å². The van der Waals surface area contributed by atoms with Crippen LogP contribution in [0.25, 0.3) is 0 Å². The van der Waals surface area contributed by atoms with E-state index in [0.717, 1.165) is 0 Å². The maximum atomic E-state index is 2.55. The lowest BCUT2D eigenvalue weighted by Crippen LogP contribution is -2.23. The summed E-state index contributed by atoms with van der Waals surface area (Å²) >= 11 is 0. The predicted octanol–water partition coefficient (Wildman–Crippen LogP) is 7.75. The Morgan fingerprint density at radius 3 is 1.00 bits per heavy atom. The number of hydrogen-bond donors (Lipinski definition) is 1. The summed E-state index contributed by atoms with van der Waals surface area (Å²) < 4.78 is 0. The first-order valence-corrected chi connectivity index (χ1v) is 11.1. The molecule has 0 spiro atoms. The molecule has 0 aromatic carbocycles. The minimum atomic E-state index is 0. The molecule has 0 aliphatic carbocycles. The molecular formula is C22H50N2. The highest BCUT2D eigenvalue weighted by molar-refractivity contribution is 4.54. The number of unbranched alkanes of at least 4 members (excludes halogenated alkanes) is 15. The summed E-state index contributed by atoms with van der Waals surface area (Å²) in [6.07, 6.45) is 23.4. The van der Waals surface area contributed by atoms with Crippen molar-refractivity contribution in [2.24, 2.45) is 0 Å². The molecule has 0 aromatic heterocycles. The van der Waals surface area contributed by atoms with Gasteiger partial charge in [0, 0.05) is 0 Å². The highest BCUT2D eigenvalue weighted by Gasteiger charge is 1.98. The average molecular weight is 343 g/mol. The summed E-state index contributed by atoms with van der Waals surface area (Å²) in [4.78, 5) is 2.55. The van der Waals surface area contributed by atoms with Crippen molar-refractivity contribution in [2.75, 3.05) is 19.6 Å². The Morgan fingerprint density at radius 2 is 0.708 bits per heavy atom. The molecule has 0 aliphatic heterocycles. The summed E-state index contributed by atoms with van der Waals surface area (Å²) in [5.74, 6) is 0. The second kappa shape index (κ2) is 22.9. The first-order chi connectivity index (χ1) is 11.3. The van der Waals surface area contributed by atoms with E-state index in [-0.39, 0.29) is 6.15 Å². The van der Waals surface area contributed by atoms with Gasteiger partial charge in [0.2, 0.25) is 0 Å². The standard InChI is InChI=1S/C22H47N.H3N/c1-4-7-8-9-10-11-12-13-14-15-16-17-18-19-20-21-22-23(5-2)6-3;/h4-22H2,1-3H3;1H3. The highest BCUT2D eigenvalue weighted by atomic mass is 15.1. The second-order valence-corrected chi connectivity index (χ2v) is 7.33. The van der Waals surface area contributed by atoms with Crippen LogP contribution in [0, 0.1) is 0 Å². The van der Waals surface area contributed by atoms with Gasteiger partial charge in [0.25, 0.3) is 0 Å². The minimum Gasteiger partial charge on any atom is -0.344 e. The molecule has 0 amide bonds. The first kappa shape index (κ1) is 26.2. The van der Waals surface area contributed by atoms with E-state index >= 15 is 0 Å². The zero-order valence-electron chi connectivity index (χ0n) is 17.6. The predicted molar refractivity (Wildman–Crippen MR) is 112 cm³/mol. The summed E-state index contributed by atoms with van der Waals surface area (Å²) in [5.41, 5.74) is 0. The van der Waals surface area contributed by atoms with Crippen LogP contribution < -0.4 is 6.15 Å². The van der Waals surface area contributed by atoms with Gasteiger partial charge >= 0.3 is 0 Å². The average Bonchev–Trinajstić information content (AvgIpc) is 2.58. The Hall–Kier alpha value is -0.0800. The van der Waals surface area contributed by atoms with E-state index in [1.54, 1.807) is 0 Å². The van der Waals surface area contributed by atoms with E-state index in [1.807, 2.05) is 0 Å². The molecule has 0 heterocycles. The van der Waals surface area contributed by atoms with Crippen molar-refractivity contribution in [3.05, 3.63) is 0 Å². The van der Waals surface area contributed by atoms with Gasteiger partial charge in [-0.1, -0.05) is 117 Å². The first-order valence-electron chi connectivity index (χ1n) is 11.1. The Kier molecular flexibility index (Phi) is 25.0. The monoisotopic (exact) mass is 342 g/mol. The molecule has 0 unspecified atom stereocenters. The molecule has 0 bridgehead atoms. The van der Waals surface area contributed by atoms with Gasteiger partial charge in [-0.15, -0.1) is 0 Å². The number of hydrogen-bond acceptors (Lipinski definition) is 2. The molecule has 0 rings (SSSR count). The van der Waals surface area contributed by atoms with Crippen molar-refractivity contribution in [2.45, 2.75) is 124 Å². The molecule has 24 heavy (non-hydrogen) atoms. The summed E-state index contributed by atoms with van der Waals surface area (Å²) in [7, 11) is 0. The zero-order chi connectivity index (χ0) is 17.0.